The zero-order valence-electron chi connectivity index (χ0n) is 17.1. The fourth-order valence-corrected chi connectivity index (χ4v) is 4.29. The maximum absolute atomic E-state index is 6.23. The molecule has 3 heterocycles. The number of H-pyrrole nitrogens is 1. The quantitative estimate of drug-likeness (QED) is 0.565. The van der Waals surface area contributed by atoms with E-state index in [1.807, 2.05) is 37.4 Å². The van der Waals surface area contributed by atoms with Crippen LogP contribution in [-0.4, -0.2) is 44.7 Å². The van der Waals surface area contributed by atoms with Gasteiger partial charge in [-0.25, -0.2) is 0 Å². The van der Waals surface area contributed by atoms with Crippen LogP contribution in [0.25, 0.3) is 11.0 Å². The van der Waals surface area contributed by atoms with Gasteiger partial charge in [0, 0.05) is 25.8 Å². The molecule has 0 spiro atoms. The molecule has 0 aliphatic carbocycles. The Bertz CT molecular complexity index is 1180. The zero-order chi connectivity index (χ0) is 22.1. The molecule has 1 aliphatic heterocycles. The van der Waals surface area contributed by atoms with Gasteiger partial charge in [0.2, 0.25) is 5.95 Å². The van der Waals surface area contributed by atoms with Crippen LogP contribution in [0.1, 0.15) is 12.0 Å². The summed E-state index contributed by atoms with van der Waals surface area (Å²) in [5.74, 6) is 0.939. The van der Waals surface area contributed by atoms with Crippen LogP contribution >= 0.6 is 23.2 Å². The van der Waals surface area contributed by atoms with Crippen LogP contribution in [0.2, 0.25) is 10.0 Å². The topological polar surface area (TPSA) is 87.0 Å². The van der Waals surface area contributed by atoms with E-state index in [9.17, 15) is 0 Å². The number of nitrogens with zero attached hydrogens (tertiary/aromatic N) is 5. The molecule has 0 fully saturated rings. The van der Waals surface area contributed by atoms with Gasteiger partial charge in [-0.15, -0.1) is 0 Å². The van der Waals surface area contributed by atoms with Crippen molar-refractivity contribution in [1.82, 2.24) is 25.1 Å². The van der Waals surface area contributed by atoms with Crippen molar-refractivity contribution in [3.8, 4) is 0 Å². The standard InChI is InChI=1S/C22H23Cl2N7/c1-4-14-9-15(30(3)21-16-10-26-29-20(16)27-22(25)28-21)12-31(19(14)5-2)11-13-6-7-17(23)18(24)8-13/h4-8,10,15H,1-2,9,11-12H2,3H3,(H3,25,26,27,28,29). The molecule has 0 bridgehead atoms. The van der Waals surface area contributed by atoms with Gasteiger partial charge in [0.05, 0.1) is 27.7 Å². The van der Waals surface area contributed by atoms with Crippen molar-refractivity contribution in [2.45, 2.75) is 19.0 Å². The van der Waals surface area contributed by atoms with E-state index < -0.39 is 0 Å². The molecule has 0 amide bonds. The molecule has 3 aromatic rings. The van der Waals surface area contributed by atoms with Gasteiger partial charge in [-0.3, -0.25) is 5.10 Å². The molecule has 1 aliphatic rings. The van der Waals surface area contributed by atoms with E-state index in [4.69, 9.17) is 28.9 Å². The predicted octanol–water partition coefficient (Wildman–Crippen LogP) is 4.58. The average Bonchev–Trinajstić information content (AvgIpc) is 3.23. The van der Waals surface area contributed by atoms with Crippen molar-refractivity contribution in [2.75, 3.05) is 24.2 Å². The molecular formula is C22H23Cl2N7. The third-order valence-electron chi connectivity index (χ3n) is 5.54. The lowest BCUT2D eigenvalue weighted by Gasteiger charge is -2.41. The van der Waals surface area contributed by atoms with Gasteiger partial charge >= 0.3 is 0 Å². The molecule has 4 rings (SSSR count). The van der Waals surface area contributed by atoms with E-state index in [0.717, 1.165) is 41.0 Å². The van der Waals surface area contributed by atoms with E-state index in [2.05, 4.69) is 43.1 Å². The number of likely N-dealkylation sites (N-methyl/N-ethyl adjacent to an activating group) is 1. The lowest BCUT2D eigenvalue weighted by Crippen LogP contribution is -2.45. The van der Waals surface area contributed by atoms with Gasteiger partial charge in [-0.1, -0.05) is 48.5 Å². The second kappa shape index (κ2) is 8.61. The molecule has 1 aromatic carbocycles. The Hall–Kier alpha value is -3.03. The van der Waals surface area contributed by atoms with Crippen molar-refractivity contribution in [1.29, 1.82) is 0 Å². The van der Waals surface area contributed by atoms with E-state index in [1.165, 1.54) is 0 Å². The van der Waals surface area contributed by atoms with Crippen molar-refractivity contribution in [3.63, 3.8) is 0 Å². The monoisotopic (exact) mass is 455 g/mol. The lowest BCUT2D eigenvalue weighted by atomic mass is 9.96. The molecule has 0 radical (unpaired) electrons. The van der Waals surface area contributed by atoms with Crippen LogP contribution in [-0.2, 0) is 6.54 Å². The Morgan fingerprint density at radius 1 is 1.26 bits per heavy atom. The molecule has 160 valence electrons. The highest BCUT2D eigenvalue weighted by molar-refractivity contribution is 6.42. The number of nitrogens with one attached hydrogen (secondary N) is 1. The Kier molecular flexibility index (Phi) is 5.89. The largest absolute Gasteiger partial charge is 0.368 e. The number of nitrogens with two attached hydrogens (primary N) is 1. The third-order valence-corrected chi connectivity index (χ3v) is 6.28. The molecule has 2 aromatic heterocycles. The summed E-state index contributed by atoms with van der Waals surface area (Å²) >= 11 is 12.3. The molecule has 9 heteroatoms. The number of nitrogen functional groups attached to an aromatic ring is 1. The number of aromatic amines is 1. The second-order valence-corrected chi connectivity index (χ2v) is 8.27. The van der Waals surface area contributed by atoms with Crippen molar-refractivity contribution in [3.05, 3.63) is 76.6 Å². The summed E-state index contributed by atoms with van der Waals surface area (Å²) in [6, 6.07) is 5.81. The zero-order valence-corrected chi connectivity index (χ0v) is 18.7. The number of rotatable bonds is 6. The van der Waals surface area contributed by atoms with Gasteiger partial charge < -0.3 is 15.5 Å². The number of fused-ring (bicyclic) bond motifs is 1. The summed E-state index contributed by atoms with van der Waals surface area (Å²) in [6.45, 7) is 9.45. The fraction of sp³-hybridized carbons (Fsp3) is 0.227. The Balaban J connectivity index is 1.68. The summed E-state index contributed by atoms with van der Waals surface area (Å²) in [6.07, 6.45) is 6.28. The van der Waals surface area contributed by atoms with Crippen LogP contribution < -0.4 is 10.6 Å². The summed E-state index contributed by atoms with van der Waals surface area (Å²) < 4.78 is 0. The summed E-state index contributed by atoms with van der Waals surface area (Å²) in [7, 11) is 2.01. The van der Waals surface area contributed by atoms with Crippen molar-refractivity contribution < 1.29 is 0 Å². The molecule has 1 unspecified atom stereocenters. The first-order chi connectivity index (χ1) is 14.9. The van der Waals surface area contributed by atoms with Crippen LogP contribution in [0.15, 0.2) is 61.0 Å². The van der Waals surface area contributed by atoms with Crippen molar-refractivity contribution >= 4 is 46.0 Å². The Morgan fingerprint density at radius 2 is 2.06 bits per heavy atom. The number of anilines is 2. The van der Waals surface area contributed by atoms with Gasteiger partial charge in [0.25, 0.3) is 0 Å². The van der Waals surface area contributed by atoms with Crippen LogP contribution in [0.4, 0.5) is 11.8 Å². The Morgan fingerprint density at radius 3 is 2.77 bits per heavy atom. The molecule has 0 saturated heterocycles. The molecular weight excluding hydrogens is 433 g/mol. The number of aromatic nitrogens is 4. The Labute approximate surface area is 190 Å². The first-order valence-electron chi connectivity index (χ1n) is 9.77. The molecule has 0 saturated carbocycles. The molecule has 31 heavy (non-hydrogen) atoms. The minimum atomic E-state index is 0.117. The van der Waals surface area contributed by atoms with Gasteiger partial charge in [0.15, 0.2) is 5.65 Å². The van der Waals surface area contributed by atoms with Crippen LogP contribution in [0.5, 0.6) is 0 Å². The summed E-state index contributed by atoms with van der Waals surface area (Å²) in [5, 5.41) is 8.86. The molecule has 1 atom stereocenters. The van der Waals surface area contributed by atoms with Crippen LogP contribution in [0, 0.1) is 0 Å². The SMILES string of the molecule is C=CC1=C(C=C)N(Cc2ccc(Cl)c(Cl)c2)CC(N(C)c2nc(N)nc3[nH]ncc23)C1. The number of hydrogen-bond donors (Lipinski definition) is 2. The highest BCUT2D eigenvalue weighted by Crippen LogP contribution is 2.32. The highest BCUT2D eigenvalue weighted by Gasteiger charge is 2.29. The molecule has 7 nitrogen and oxygen atoms in total. The normalized spacial score (nSPS) is 16.6. The van der Waals surface area contributed by atoms with Gasteiger partial charge in [-0.05, 0) is 35.8 Å². The second-order valence-electron chi connectivity index (χ2n) is 7.45. The van der Waals surface area contributed by atoms with Crippen LogP contribution in [0.3, 0.4) is 0 Å². The summed E-state index contributed by atoms with van der Waals surface area (Å²) in [5.41, 5.74) is 9.78. The first kappa shape index (κ1) is 21.2. The first-order valence-corrected chi connectivity index (χ1v) is 10.5. The smallest absolute Gasteiger partial charge is 0.224 e. The average molecular weight is 456 g/mol. The van der Waals surface area contributed by atoms with Gasteiger partial charge in [-0.2, -0.15) is 15.1 Å². The number of benzene rings is 1. The van der Waals surface area contributed by atoms with E-state index >= 15 is 0 Å². The highest BCUT2D eigenvalue weighted by atomic mass is 35.5. The van der Waals surface area contributed by atoms with Gasteiger partial charge in [0.1, 0.15) is 5.82 Å². The maximum Gasteiger partial charge on any atom is 0.224 e. The van der Waals surface area contributed by atoms with E-state index in [1.54, 1.807) is 6.20 Å². The minimum absolute atomic E-state index is 0.117. The van der Waals surface area contributed by atoms with E-state index in [-0.39, 0.29) is 12.0 Å². The summed E-state index contributed by atoms with van der Waals surface area (Å²) in [4.78, 5) is 13.1. The van der Waals surface area contributed by atoms with Crippen molar-refractivity contribution in [2.24, 2.45) is 0 Å². The predicted molar refractivity (Wildman–Crippen MR) is 127 cm³/mol. The van der Waals surface area contributed by atoms with E-state index in [0.29, 0.717) is 22.2 Å². The fourth-order valence-electron chi connectivity index (χ4n) is 3.97. The molecule has 3 N–H and O–H groups in total. The number of allylic oxidation sites excluding steroid dienone is 2. The lowest BCUT2D eigenvalue weighted by molar-refractivity contribution is 0.294. The number of halogens is 2. The maximum atomic E-state index is 6.23. The third kappa shape index (κ3) is 4.11. The minimum Gasteiger partial charge on any atom is -0.368 e. The number of hydrogen-bond acceptors (Lipinski definition) is 6.